The highest BCUT2D eigenvalue weighted by Gasteiger charge is 2.19. The van der Waals surface area contributed by atoms with Crippen molar-refractivity contribution in [2.45, 2.75) is 39.7 Å². The van der Waals surface area contributed by atoms with Crippen molar-refractivity contribution in [3.8, 4) is 0 Å². The minimum absolute atomic E-state index is 0.0310. The second kappa shape index (κ2) is 4.38. The molecule has 0 aliphatic rings. The Morgan fingerprint density at radius 1 is 1.47 bits per heavy atom. The van der Waals surface area contributed by atoms with Crippen LogP contribution < -0.4 is 5.32 Å². The molecule has 1 aromatic heterocycles. The maximum absolute atomic E-state index is 10.8. The van der Waals surface area contributed by atoms with Gasteiger partial charge in [0.15, 0.2) is 0 Å². The average molecular weight is 207 g/mol. The van der Waals surface area contributed by atoms with Crippen LogP contribution in [0.5, 0.6) is 0 Å². The number of rotatable bonds is 2. The van der Waals surface area contributed by atoms with Gasteiger partial charge in [-0.15, -0.1) is 0 Å². The Balaban J connectivity index is 2.92. The number of amides is 1. The first-order chi connectivity index (χ1) is 6.91. The molecule has 0 fully saturated rings. The summed E-state index contributed by atoms with van der Waals surface area (Å²) in [6.45, 7) is 8.26. The number of carbonyl (C=O) groups is 1. The molecule has 1 amide bonds. The van der Waals surface area contributed by atoms with E-state index in [9.17, 15) is 4.79 Å². The Morgan fingerprint density at radius 3 is 2.67 bits per heavy atom. The summed E-state index contributed by atoms with van der Waals surface area (Å²) in [5.41, 5.74) is 1.92. The van der Waals surface area contributed by atoms with Crippen LogP contribution in [0.2, 0.25) is 0 Å². The van der Waals surface area contributed by atoms with E-state index in [1.165, 1.54) is 13.3 Å². The minimum Gasteiger partial charge on any atom is -0.352 e. The summed E-state index contributed by atoms with van der Waals surface area (Å²) in [4.78, 5) is 19.1. The summed E-state index contributed by atoms with van der Waals surface area (Å²) >= 11 is 0. The van der Waals surface area contributed by atoms with Crippen molar-refractivity contribution in [1.29, 1.82) is 0 Å². The lowest BCUT2D eigenvalue weighted by molar-refractivity contribution is -0.119. The summed E-state index contributed by atoms with van der Waals surface area (Å²) in [5.74, 6) is -0.0429. The molecule has 1 rings (SSSR count). The van der Waals surface area contributed by atoms with Crippen LogP contribution in [0, 0.1) is 0 Å². The van der Waals surface area contributed by atoms with Gasteiger partial charge < -0.3 is 5.32 Å². The molecular formula is C11H17N3O. The first kappa shape index (κ1) is 11.6. The van der Waals surface area contributed by atoms with Crippen LogP contribution in [0.1, 0.15) is 39.0 Å². The fourth-order valence-electron chi connectivity index (χ4n) is 1.38. The molecule has 0 aliphatic carbocycles. The number of hydrogen-bond donors (Lipinski definition) is 1. The van der Waals surface area contributed by atoms with Crippen LogP contribution in [0.15, 0.2) is 12.5 Å². The van der Waals surface area contributed by atoms with E-state index in [4.69, 9.17) is 0 Å². The molecule has 4 nitrogen and oxygen atoms in total. The van der Waals surface area contributed by atoms with E-state index in [0.29, 0.717) is 6.54 Å². The van der Waals surface area contributed by atoms with E-state index in [0.717, 1.165) is 11.3 Å². The maximum Gasteiger partial charge on any atom is 0.217 e. The van der Waals surface area contributed by atoms with E-state index in [1.807, 2.05) is 0 Å². The smallest absolute Gasteiger partial charge is 0.217 e. The second-order valence-electron chi connectivity index (χ2n) is 4.56. The molecule has 82 valence electrons. The average Bonchev–Trinajstić information content (AvgIpc) is 2.13. The molecule has 0 bridgehead atoms. The van der Waals surface area contributed by atoms with E-state index in [-0.39, 0.29) is 11.3 Å². The number of carbonyl (C=O) groups excluding carboxylic acids is 1. The van der Waals surface area contributed by atoms with Crippen molar-refractivity contribution in [2.75, 3.05) is 0 Å². The molecule has 4 heteroatoms. The largest absolute Gasteiger partial charge is 0.352 e. The first-order valence-electron chi connectivity index (χ1n) is 4.95. The van der Waals surface area contributed by atoms with Gasteiger partial charge in [0.2, 0.25) is 5.91 Å². The number of aromatic nitrogens is 2. The van der Waals surface area contributed by atoms with Gasteiger partial charge in [-0.25, -0.2) is 9.97 Å². The van der Waals surface area contributed by atoms with Gasteiger partial charge in [-0.05, 0) is 0 Å². The van der Waals surface area contributed by atoms with Crippen LogP contribution in [0.25, 0.3) is 0 Å². The quantitative estimate of drug-likeness (QED) is 0.797. The van der Waals surface area contributed by atoms with Gasteiger partial charge in [0, 0.05) is 30.6 Å². The lowest BCUT2D eigenvalue weighted by atomic mass is 9.89. The summed E-state index contributed by atoms with van der Waals surface area (Å²) in [5, 5.41) is 2.76. The zero-order valence-corrected chi connectivity index (χ0v) is 9.66. The Labute approximate surface area is 90.1 Å². The highest BCUT2D eigenvalue weighted by atomic mass is 16.1. The summed E-state index contributed by atoms with van der Waals surface area (Å²) in [6, 6.07) is 0. The predicted molar refractivity (Wildman–Crippen MR) is 58.3 cm³/mol. The Kier molecular flexibility index (Phi) is 3.39. The molecule has 0 saturated heterocycles. The van der Waals surface area contributed by atoms with Crippen molar-refractivity contribution in [1.82, 2.24) is 15.3 Å². The third kappa shape index (κ3) is 3.31. The van der Waals surface area contributed by atoms with Gasteiger partial charge in [0.05, 0.1) is 5.69 Å². The molecule has 1 N–H and O–H groups in total. The van der Waals surface area contributed by atoms with E-state index in [1.54, 1.807) is 6.20 Å². The van der Waals surface area contributed by atoms with Crippen molar-refractivity contribution < 1.29 is 4.79 Å². The zero-order valence-electron chi connectivity index (χ0n) is 9.66. The van der Waals surface area contributed by atoms with Gasteiger partial charge in [-0.3, -0.25) is 4.79 Å². The maximum atomic E-state index is 10.8. The van der Waals surface area contributed by atoms with Crippen molar-refractivity contribution in [3.05, 3.63) is 23.8 Å². The predicted octanol–water partition coefficient (Wildman–Crippen LogP) is 1.41. The third-order valence-corrected chi connectivity index (χ3v) is 2.03. The normalized spacial score (nSPS) is 11.2. The Hall–Kier alpha value is -1.45. The van der Waals surface area contributed by atoms with Crippen molar-refractivity contribution in [2.24, 2.45) is 0 Å². The molecule has 0 spiro atoms. The summed E-state index contributed by atoms with van der Waals surface area (Å²) in [7, 11) is 0. The Morgan fingerprint density at radius 2 is 2.13 bits per heavy atom. The van der Waals surface area contributed by atoms with Gasteiger partial charge in [0.1, 0.15) is 6.33 Å². The molecule has 0 radical (unpaired) electrons. The van der Waals surface area contributed by atoms with Crippen LogP contribution in [-0.2, 0) is 16.8 Å². The zero-order chi connectivity index (χ0) is 11.5. The molecule has 0 aliphatic heterocycles. The number of hydrogen-bond acceptors (Lipinski definition) is 3. The van der Waals surface area contributed by atoms with Gasteiger partial charge in [-0.2, -0.15) is 0 Å². The summed E-state index contributed by atoms with van der Waals surface area (Å²) in [6.07, 6.45) is 3.29. The molecule has 0 saturated carbocycles. The summed E-state index contributed by atoms with van der Waals surface area (Å²) < 4.78 is 0. The molecule has 0 unspecified atom stereocenters. The second-order valence-corrected chi connectivity index (χ2v) is 4.56. The van der Waals surface area contributed by atoms with Crippen molar-refractivity contribution in [3.63, 3.8) is 0 Å². The molecule has 0 atom stereocenters. The lowest BCUT2D eigenvalue weighted by Crippen LogP contribution is -2.24. The monoisotopic (exact) mass is 207 g/mol. The number of nitrogens with one attached hydrogen (secondary N) is 1. The fourth-order valence-corrected chi connectivity index (χ4v) is 1.38. The highest BCUT2D eigenvalue weighted by molar-refractivity contribution is 5.72. The van der Waals surface area contributed by atoms with E-state index in [2.05, 4.69) is 36.1 Å². The van der Waals surface area contributed by atoms with E-state index < -0.39 is 0 Å². The van der Waals surface area contributed by atoms with Crippen LogP contribution in [0.4, 0.5) is 0 Å². The van der Waals surface area contributed by atoms with Gasteiger partial charge >= 0.3 is 0 Å². The SMILES string of the molecule is CC(=O)NCc1cncnc1C(C)(C)C. The van der Waals surface area contributed by atoms with Crippen LogP contribution in [0.3, 0.4) is 0 Å². The Bertz CT molecular complexity index is 355. The molecule has 15 heavy (non-hydrogen) atoms. The van der Waals surface area contributed by atoms with Crippen LogP contribution >= 0.6 is 0 Å². The molecule has 1 heterocycles. The van der Waals surface area contributed by atoms with Gasteiger partial charge in [-0.1, -0.05) is 20.8 Å². The van der Waals surface area contributed by atoms with Crippen LogP contribution in [-0.4, -0.2) is 15.9 Å². The van der Waals surface area contributed by atoms with Gasteiger partial charge in [0.25, 0.3) is 0 Å². The molecule has 0 aromatic carbocycles. The molecular weight excluding hydrogens is 190 g/mol. The fraction of sp³-hybridized carbons (Fsp3) is 0.545. The lowest BCUT2D eigenvalue weighted by Gasteiger charge is -2.20. The molecule has 1 aromatic rings. The first-order valence-corrected chi connectivity index (χ1v) is 4.95. The van der Waals surface area contributed by atoms with Crippen molar-refractivity contribution >= 4 is 5.91 Å². The minimum atomic E-state index is -0.0429. The topological polar surface area (TPSA) is 54.9 Å². The highest BCUT2D eigenvalue weighted by Crippen LogP contribution is 2.22. The number of nitrogens with zero attached hydrogens (tertiary/aromatic N) is 2. The van der Waals surface area contributed by atoms with E-state index >= 15 is 0 Å². The standard InChI is InChI=1S/C11H17N3O/c1-8(15)13-6-9-5-12-7-14-10(9)11(2,3)4/h5,7H,6H2,1-4H3,(H,13,15). The third-order valence-electron chi connectivity index (χ3n) is 2.03.